The summed E-state index contributed by atoms with van der Waals surface area (Å²) in [6, 6.07) is 1.59. The van der Waals surface area contributed by atoms with E-state index in [2.05, 4.69) is 5.16 Å². The minimum absolute atomic E-state index is 0.0243. The van der Waals surface area contributed by atoms with Crippen LogP contribution in [0.1, 0.15) is 29.1 Å². The molecule has 0 bridgehead atoms. The third-order valence-electron chi connectivity index (χ3n) is 3.60. The SMILES string of the molecule is COCc1cc(C(=O)N2CCC(OC)CC2CN)no1. The second-order valence-electron chi connectivity index (χ2n) is 4.88. The van der Waals surface area contributed by atoms with Gasteiger partial charge in [-0.25, -0.2) is 0 Å². The van der Waals surface area contributed by atoms with E-state index in [4.69, 9.17) is 19.7 Å². The summed E-state index contributed by atoms with van der Waals surface area (Å²) in [5, 5.41) is 3.80. The molecule has 7 nitrogen and oxygen atoms in total. The largest absolute Gasteiger partial charge is 0.381 e. The van der Waals surface area contributed by atoms with Crippen LogP contribution in [0.5, 0.6) is 0 Å². The molecule has 2 atom stereocenters. The van der Waals surface area contributed by atoms with Gasteiger partial charge >= 0.3 is 0 Å². The molecule has 1 fully saturated rings. The molecule has 0 spiro atoms. The van der Waals surface area contributed by atoms with Crippen LogP contribution in [0, 0.1) is 0 Å². The number of aromatic nitrogens is 1. The summed E-state index contributed by atoms with van der Waals surface area (Å²) in [6.07, 6.45) is 1.72. The van der Waals surface area contributed by atoms with Crippen molar-refractivity contribution in [1.29, 1.82) is 0 Å². The summed E-state index contributed by atoms with van der Waals surface area (Å²) in [5.74, 6) is 0.382. The minimum atomic E-state index is -0.152. The maximum absolute atomic E-state index is 12.4. The van der Waals surface area contributed by atoms with E-state index in [1.54, 1.807) is 25.2 Å². The van der Waals surface area contributed by atoms with Crippen LogP contribution in [-0.4, -0.2) is 55.4 Å². The number of nitrogens with two attached hydrogens (primary N) is 1. The number of amides is 1. The summed E-state index contributed by atoms with van der Waals surface area (Å²) >= 11 is 0. The van der Waals surface area contributed by atoms with Crippen molar-refractivity contribution in [3.63, 3.8) is 0 Å². The molecule has 0 radical (unpaired) electrons. The summed E-state index contributed by atoms with van der Waals surface area (Å²) < 4.78 is 15.3. The average molecular weight is 283 g/mol. The first kappa shape index (κ1) is 15.0. The molecule has 1 aliphatic rings. The summed E-state index contributed by atoms with van der Waals surface area (Å²) in [4.78, 5) is 14.2. The molecule has 1 aromatic heterocycles. The monoisotopic (exact) mass is 283 g/mol. The van der Waals surface area contributed by atoms with E-state index in [1.807, 2.05) is 0 Å². The maximum atomic E-state index is 12.4. The summed E-state index contributed by atoms with van der Waals surface area (Å²) in [7, 11) is 3.24. The fourth-order valence-corrected chi connectivity index (χ4v) is 2.49. The predicted molar refractivity (Wildman–Crippen MR) is 71.1 cm³/mol. The van der Waals surface area contributed by atoms with Gasteiger partial charge in [-0.15, -0.1) is 0 Å². The number of likely N-dealkylation sites (tertiary alicyclic amines) is 1. The van der Waals surface area contributed by atoms with Gasteiger partial charge in [0, 0.05) is 39.4 Å². The highest BCUT2D eigenvalue weighted by Crippen LogP contribution is 2.21. The Hall–Kier alpha value is -1.44. The van der Waals surface area contributed by atoms with Crippen LogP contribution in [0.15, 0.2) is 10.6 Å². The van der Waals surface area contributed by atoms with Crippen molar-refractivity contribution in [2.75, 3.05) is 27.3 Å². The third-order valence-corrected chi connectivity index (χ3v) is 3.60. The topological polar surface area (TPSA) is 90.8 Å². The van der Waals surface area contributed by atoms with Gasteiger partial charge in [-0.1, -0.05) is 5.16 Å². The zero-order valence-electron chi connectivity index (χ0n) is 11.9. The zero-order valence-corrected chi connectivity index (χ0v) is 11.9. The van der Waals surface area contributed by atoms with Gasteiger partial charge in [0.2, 0.25) is 0 Å². The van der Waals surface area contributed by atoms with Crippen LogP contribution in [0.2, 0.25) is 0 Å². The fourth-order valence-electron chi connectivity index (χ4n) is 2.49. The summed E-state index contributed by atoms with van der Waals surface area (Å²) in [5.41, 5.74) is 6.06. The van der Waals surface area contributed by atoms with E-state index in [1.165, 1.54) is 0 Å². The van der Waals surface area contributed by atoms with Crippen LogP contribution < -0.4 is 5.73 Å². The van der Waals surface area contributed by atoms with Gasteiger partial charge in [-0.2, -0.15) is 0 Å². The molecule has 2 rings (SSSR count). The number of carbonyl (C=O) groups is 1. The standard InChI is InChI=1S/C13H21N3O4/c1-18-8-11-6-12(15-20-11)13(17)16-4-3-10(19-2)5-9(16)7-14/h6,9-10H,3-5,7-8,14H2,1-2H3. The fraction of sp³-hybridized carbons (Fsp3) is 0.692. The van der Waals surface area contributed by atoms with Crippen molar-refractivity contribution < 1.29 is 18.8 Å². The molecule has 0 aliphatic carbocycles. The van der Waals surface area contributed by atoms with Gasteiger partial charge in [0.25, 0.3) is 5.91 Å². The molecule has 2 heterocycles. The van der Waals surface area contributed by atoms with Crippen molar-refractivity contribution >= 4 is 5.91 Å². The van der Waals surface area contributed by atoms with Crippen molar-refractivity contribution in [2.45, 2.75) is 31.6 Å². The Morgan fingerprint density at radius 3 is 3.05 bits per heavy atom. The van der Waals surface area contributed by atoms with E-state index >= 15 is 0 Å². The molecular formula is C13H21N3O4. The van der Waals surface area contributed by atoms with Crippen molar-refractivity contribution in [2.24, 2.45) is 5.73 Å². The molecule has 112 valence electrons. The highest BCUT2D eigenvalue weighted by molar-refractivity contribution is 5.92. The Kier molecular flexibility index (Phi) is 5.11. The number of piperidine rings is 1. The van der Waals surface area contributed by atoms with Crippen molar-refractivity contribution in [1.82, 2.24) is 10.1 Å². The first-order valence-corrected chi connectivity index (χ1v) is 6.68. The Bertz CT molecular complexity index is 449. The molecule has 7 heteroatoms. The zero-order chi connectivity index (χ0) is 14.5. The van der Waals surface area contributed by atoms with Crippen LogP contribution in [0.3, 0.4) is 0 Å². The quantitative estimate of drug-likeness (QED) is 0.841. The van der Waals surface area contributed by atoms with Gasteiger partial charge < -0.3 is 24.6 Å². The van der Waals surface area contributed by atoms with Gasteiger partial charge in [0.1, 0.15) is 6.61 Å². The lowest BCUT2D eigenvalue weighted by molar-refractivity contribution is 0.0134. The van der Waals surface area contributed by atoms with Crippen molar-refractivity contribution in [3.8, 4) is 0 Å². The Morgan fingerprint density at radius 2 is 2.40 bits per heavy atom. The lowest BCUT2D eigenvalue weighted by Crippen LogP contribution is -2.51. The number of carbonyl (C=O) groups excluding carboxylic acids is 1. The number of rotatable bonds is 5. The second kappa shape index (κ2) is 6.83. The van der Waals surface area contributed by atoms with E-state index in [0.29, 0.717) is 31.2 Å². The van der Waals surface area contributed by atoms with Crippen LogP contribution >= 0.6 is 0 Å². The molecule has 1 saturated heterocycles. The molecule has 0 saturated carbocycles. The van der Waals surface area contributed by atoms with E-state index in [-0.39, 0.29) is 18.1 Å². The summed E-state index contributed by atoms with van der Waals surface area (Å²) in [6.45, 7) is 1.33. The third kappa shape index (κ3) is 3.17. The Balaban J connectivity index is 2.06. The number of hydrogen-bond donors (Lipinski definition) is 1. The number of ether oxygens (including phenoxy) is 2. The lowest BCUT2D eigenvalue weighted by Gasteiger charge is -2.38. The molecule has 20 heavy (non-hydrogen) atoms. The predicted octanol–water partition coefficient (Wildman–Crippen LogP) is 0.399. The van der Waals surface area contributed by atoms with E-state index < -0.39 is 0 Å². The molecule has 0 aromatic carbocycles. The number of nitrogens with zero attached hydrogens (tertiary/aromatic N) is 2. The molecule has 1 amide bonds. The number of hydrogen-bond acceptors (Lipinski definition) is 6. The Labute approximate surface area is 118 Å². The molecule has 1 aromatic rings. The average Bonchev–Trinajstić information content (AvgIpc) is 2.94. The normalized spacial score (nSPS) is 23.1. The van der Waals surface area contributed by atoms with Gasteiger partial charge in [0.15, 0.2) is 11.5 Å². The smallest absolute Gasteiger partial charge is 0.276 e. The van der Waals surface area contributed by atoms with Gasteiger partial charge in [0.05, 0.1) is 6.10 Å². The highest BCUT2D eigenvalue weighted by Gasteiger charge is 2.32. The number of methoxy groups -OCH3 is 2. The molecule has 2 unspecified atom stereocenters. The van der Waals surface area contributed by atoms with Gasteiger partial charge in [-0.3, -0.25) is 4.79 Å². The van der Waals surface area contributed by atoms with Crippen LogP contribution in [0.25, 0.3) is 0 Å². The van der Waals surface area contributed by atoms with Gasteiger partial charge in [-0.05, 0) is 12.8 Å². The van der Waals surface area contributed by atoms with Crippen LogP contribution in [0.4, 0.5) is 0 Å². The molecule has 2 N–H and O–H groups in total. The van der Waals surface area contributed by atoms with E-state index in [9.17, 15) is 4.79 Å². The second-order valence-corrected chi connectivity index (χ2v) is 4.88. The highest BCUT2D eigenvalue weighted by atomic mass is 16.5. The molecule has 1 aliphatic heterocycles. The van der Waals surface area contributed by atoms with Crippen LogP contribution in [-0.2, 0) is 16.1 Å². The molecular weight excluding hydrogens is 262 g/mol. The maximum Gasteiger partial charge on any atom is 0.276 e. The lowest BCUT2D eigenvalue weighted by atomic mass is 9.99. The minimum Gasteiger partial charge on any atom is -0.381 e. The first-order valence-electron chi connectivity index (χ1n) is 6.68. The first-order chi connectivity index (χ1) is 9.69. The van der Waals surface area contributed by atoms with E-state index in [0.717, 1.165) is 12.8 Å². The Morgan fingerprint density at radius 1 is 1.60 bits per heavy atom. The van der Waals surface area contributed by atoms with Crippen molar-refractivity contribution in [3.05, 3.63) is 17.5 Å².